The Morgan fingerprint density at radius 2 is 1.89 bits per heavy atom. The third-order valence-corrected chi connectivity index (χ3v) is 3.23. The monoisotopic (exact) mass is 312 g/mol. The number of unbranched alkanes of at least 4 members (excludes halogenated alkanes) is 3. The van der Waals surface area contributed by atoms with Crippen LogP contribution in [0.4, 0.5) is 4.79 Å². The SMILES string of the molecule is CNCCOC(=O)NCCCCCCOP(C)(O)=S. The summed E-state index contributed by atoms with van der Waals surface area (Å²) in [6, 6.07) is 0. The highest BCUT2D eigenvalue weighted by molar-refractivity contribution is 8.09. The van der Waals surface area contributed by atoms with Crippen LogP contribution in [0, 0.1) is 0 Å². The lowest BCUT2D eigenvalue weighted by Crippen LogP contribution is -2.27. The van der Waals surface area contributed by atoms with Crippen molar-refractivity contribution in [2.24, 2.45) is 0 Å². The Balaban J connectivity index is 3.22. The van der Waals surface area contributed by atoms with Crippen LogP contribution in [0.15, 0.2) is 0 Å². The molecule has 0 fully saturated rings. The van der Waals surface area contributed by atoms with Crippen LogP contribution in [0.25, 0.3) is 0 Å². The molecule has 0 heterocycles. The molecule has 0 rings (SSSR count). The molecule has 0 aromatic heterocycles. The van der Waals surface area contributed by atoms with E-state index < -0.39 is 6.49 Å². The lowest BCUT2D eigenvalue weighted by molar-refractivity contribution is 0.147. The summed E-state index contributed by atoms with van der Waals surface area (Å²) in [5.74, 6) is 0. The van der Waals surface area contributed by atoms with Gasteiger partial charge in [-0.1, -0.05) is 12.8 Å². The van der Waals surface area contributed by atoms with E-state index in [1.807, 2.05) is 0 Å². The summed E-state index contributed by atoms with van der Waals surface area (Å²) in [7, 11) is 1.80. The fourth-order valence-corrected chi connectivity index (χ4v) is 1.99. The van der Waals surface area contributed by atoms with Crippen molar-refractivity contribution in [1.82, 2.24) is 10.6 Å². The van der Waals surface area contributed by atoms with Crippen LogP contribution in [0.3, 0.4) is 0 Å². The van der Waals surface area contributed by atoms with Crippen molar-refractivity contribution in [3.8, 4) is 0 Å². The molecule has 0 aliphatic rings. The van der Waals surface area contributed by atoms with Crippen molar-refractivity contribution in [3.63, 3.8) is 0 Å². The fourth-order valence-electron chi connectivity index (χ4n) is 1.30. The standard InChI is InChI=1S/C11H25N2O4PS/c1-12-8-10-16-11(14)13-7-5-3-4-6-9-17-18(2,15)19/h12H,3-10H2,1-2H3,(H,13,14)(H,15,19). The molecule has 0 bridgehead atoms. The largest absolute Gasteiger partial charge is 0.448 e. The molecule has 1 atom stereocenters. The van der Waals surface area contributed by atoms with Gasteiger partial charge in [-0.15, -0.1) is 0 Å². The lowest BCUT2D eigenvalue weighted by atomic mass is 10.2. The Morgan fingerprint density at radius 3 is 2.53 bits per heavy atom. The molecule has 114 valence electrons. The van der Waals surface area contributed by atoms with Gasteiger partial charge in [0.2, 0.25) is 0 Å². The van der Waals surface area contributed by atoms with Crippen LogP contribution >= 0.6 is 6.49 Å². The fraction of sp³-hybridized carbons (Fsp3) is 0.909. The number of likely N-dealkylation sites (N-methyl/N-ethyl adjacent to an activating group) is 1. The molecule has 0 spiro atoms. The number of amides is 1. The molecule has 0 aromatic carbocycles. The number of hydrogen-bond donors (Lipinski definition) is 3. The summed E-state index contributed by atoms with van der Waals surface area (Å²) in [6.45, 7) is 1.20. The van der Waals surface area contributed by atoms with Gasteiger partial charge >= 0.3 is 6.09 Å². The molecule has 0 aliphatic carbocycles. The number of alkyl carbamates (subject to hydrolysis) is 1. The van der Waals surface area contributed by atoms with Crippen molar-refractivity contribution in [3.05, 3.63) is 0 Å². The van der Waals surface area contributed by atoms with E-state index in [0.29, 0.717) is 26.3 Å². The second-order valence-corrected chi connectivity index (χ2v) is 8.11. The summed E-state index contributed by atoms with van der Waals surface area (Å²) >= 11 is 4.76. The highest BCUT2D eigenvalue weighted by Gasteiger charge is 2.03. The normalized spacial score (nSPS) is 13.8. The molecule has 0 saturated heterocycles. The Bertz CT molecular complexity index is 286. The Hall–Kier alpha value is -0.200. The third-order valence-electron chi connectivity index (χ3n) is 2.26. The number of hydrogen-bond acceptors (Lipinski definition) is 5. The Labute approximate surface area is 120 Å². The average molecular weight is 312 g/mol. The molecular weight excluding hydrogens is 287 g/mol. The maximum Gasteiger partial charge on any atom is 0.407 e. The van der Waals surface area contributed by atoms with E-state index in [2.05, 4.69) is 10.6 Å². The van der Waals surface area contributed by atoms with Gasteiger partial charge in [-0.25, -0.2) is 4.79 Å². The maximum atomic E-state index is 11.1. The smallest absolute Gasteiger partial charge is 0.407 e. The third kappa shape index (κ3) is 15.7. The minimum Gasteiger partial charge on any atom is -0.448 e. The van der Waals surface area contributed by atoms with Gasteiger partial charge in [-0.3, -0.25) is 0 Å². The molecule has 0 saturated carbocycles. The molecule has 0 aliphatic heterocycles. The van der Waals surface area contributed by atoms with Gasteiger partial charge in [0.05, 0.1) is 6.61 Å². The maximum absolute atomic E-state index is 11.1. The number of rotatable bonds is 11. The average Bonchev–Trinajstić information content (AvgIpc) is 2.31. The zero-order chi connectivity index (χ0) is 14.6. The Morgan fingerprint density at radius 1 is 1.21 bits per heavy atom. The van der Waals surface area contributed by atoms with E-state index in [9.17, 15) is 9.69 Å². The first-order valence-corrected chi connectivity index (χ1v) is 9.58. The van der Waals surface area contributed by atoms with Crippen LogP contribution in [-0.4, -0.2) is 51.0 Å². The molecule has 1 amide bonds. The van der Waals surface area contributed by atoms with E-state index >= 15 is 0 Å². The van der Waals surface area contributed by atoms with E-state index in [1.165, 1.54) is 0 Å². The molecule has 3 N–H and O–H groups in total. The summed E-state index contributed by atoms with van der Waals surface area (Å²) in [4.78, 5) is 20.4. The highest BCUT2D eigenvalue weighted by atomic mass is 32.5. The van der Waals surface area contributed by atoms with Crippen molar-refractivity contribution in [1.29, 1.82) is 0 Å². The second kappa shape index (κ2) is 11.6. The van der Waals surface area contributed by atoms with E-state index in [1.54, 1.807) is 13.7 Å². The molecule has 1 unspecified atom stereocenters. The second-order valence-electron chi connectivity index (χ2n) is 4.22. The first-order chi connectivity index (χ1) is 8.95. The van der Waals surface area contributed by atoms with Crippen molar-refractivity contribution >= 4 is 24.4 Å². The predicted octanol–water partition coefficient (Wildman–Crippen LogP) is 1.44. The molecule has 0 radical (unpaired) electrons. The first kappa shape index (κ1) is 18.8. The zero-order valence-corrected chi connectivity index (χ0v) is 13.4. The number of carbonyl (C=O) groups excluding carboxylic acids is 1. The molecule has 0 aromatic rings. The van der Waals surface area contributed by atoms with Crippen LogP contribution in [0.2, 0.25) is 0 Å². The Kier molecular flexibility index (Phi) is 11.5. The number of ether oxygens (including phenoxy) is 1. The predicted molar refractivity (Wildman–Crippen MR) is 80.1 cm³/mol. The van der Waals surface area contributed by atoms with Gasteiger partial charge in [0.1, 0.15) is 6.61 Å². The molecular formula is C11H25N2O4PS. The van der Waals surface area contributed by atoms with E-state index in [-0.39, 0.29) is 6.09 Å². The summed E-state index contributed by atoms with van der Waals surface area (Å²) in [5, 5.41) is 5.58. The molecule has 8 heteroatoms. The highest BCUT2D eigenvalue weighted by Crippen LogP contribution is 2.37. The van der Waals surface area contributed by atoms with Gasteiger partial charge in [0.25, 0.3) is 0 Å². The topological polar surface area (TPSA) is 79.8 Å². The van der Waals surface area contributed by atoms with Gasteiger partial charge < -0.3 is 24.8 Å². The number of carbonyl (C=O) groups is 1. The van der Waals surface area contributed by atoms with E-state index in [0.717, 1.165) is 25.7 Å². The first-order valence-electron chi connectivity index (χ1n) is 6.46. The van der Waals surface area contributed by atoms with Crippen LogP contribution in [0.1, 0.15) is 25.7 Å². The van der Waals surface area contributed by atoms with Crippen molar-refractivity contribution < 1.29 is 18.9 Å². The van der Waals surface area contributed by atoms with Crippen molar-refractivity contribution in [2.45, 2.75) is 25.7 Å². The summed E-state index contributed by atoms with van der Waals surface area (Å²) < 4.78 is 10.0. The van der Waals surface area contributed by atoms with E-state index in [4.69, 9.17) is 21.1 Å². The van der Waals surface area contributed by atoms with Crippen LogP contribution in [-0.2, 0) is 21.1 Å². The zero-order valence-electron chi connectivity index (χ0n) is 11.7. The van der Waals surface area contributed by atoms with Gasteiger partial charge in [0.15, 0.2) is 6.49 Å². The van der Waals surface area contributed by atoms with Crippen LogP contribution < -0.4 is 10.6 Å². The van der Waals surface area contributed by atoms with Gasteiger partial charge in [-0.2, -0.15) is 0 Å². The molecule has 6 nitrogen and oxygen atoms in total. The lowest BCUT2D eigenvalue weighted by Gasteiger charge is -2.09. The van der Waals surface area contributed by atoms with Gasteiger partial charge in [0, 0.05) is 19.8 Å². The summed E-state index contributed by atoms with van der Waals surface area (Å²) in [5.41, 5.74) is 0. The van der Waals surface area contributed by atoms with Crippen LogP contribution in [0.5, 0.6) is 0 Å². The minimum absolute atomic E-state index is 0.370. The van der Waals surface area contributed by atoms with Crippen molar-refractivity contribution in [2.75, 3.05) is 40.0 Å². The summed E-state index contributed by atoms with van der Waals surface area (Å²) in [6.07, 6.45) is 3.40. The molecule has 19 heavy (non-hydrogen) atoms. The quantitative estimate of drug-likeness (QED) is 0.396. The van der Waals surface area contributed by atoms with Gasteiger partial charge in [-0.05, 0) is 31.7 Å². The minimum atomic E-state index is -2.50. The number of nitrogens with one attached hydrogen (secondary N) is 2.